The number of nitriles is 1. The van der Waals surface area contributed by atoms with Gasteiger partial charge in [0, 0.05) is 34.3 Å². The van der Waals surface area contributed by atoms with E-state index < -0.39 is 0 Å². The van der Waals surface area contributed by atoms with Gasteiger partial charge < -0.3 is 14.4 Å². The predicted octanol–water partition coefficient (Wildman–Crippen LogP) is 1.36. The zero-order valence-corrected chi connectivity index (χ0v) is 14.1. The van der Waals surface area contributed by atoms with E-state index in [4.69, 9.17) is 14.7 Å². The molecule has 0 spiro atoms. The Morgan fingerprint density at radius 3 is 2.43 bits per heavy atom. The lowest BCUT2D eigenvalue weighted by Crippen LogP contribution is -2.39. The lowest BCUT2D eigenvalue weighted by atomic mass is 10.2. The van der Waals surface area contributed by atoms with Gasteiger partial charge in [0.25, 0.3) is 0 Å². The Balaban J connectivity index is 2.35. The fraction of sp³-hybridized carbons (Fsp3) is 0.529. The maximum atomic E-state index is 11.8. The minimum absolute atomic E-state index is 0.0779. The zero-order valence-electron chi connectivity index (χ0n) is 14.1. The molecule has 126 valence electrons. The van der Waals surface area contributed by atoms with Crippen LogP contribution in [0.25, 0.3) is 0 Å². The van der Waals surface area contributed by atoms with Crippen LogP contribution in [0.2, 0.25) is 0 Å². The molecule has 0 heterocycles. The zero-order chi connectivity index (χ0) is 17.1. The summed E-state index contributed by atoms with van der Waals surface area (Å²) >= 11 is 0. The Bertz CT molecular complexity index is 509. The second-order valence-corrected chi connectivity index (χ2v) is 5.40. The average Bonchev–Trinajstić information content (AvgIpc) is 2.56. The molecule has 0 fully saturated rings. The fourth-order valence-electron chi connectivity index (χ4n) is 1.93. The monoisotopic (exact) mass is 319 g/mol. The first-order valence-corrected chi connectivity index (χ1v) is 7.61. The molecule has 0 aliphatic rings. The quantitative estimate of drug-likeness (QED) is 0.609. The van der Waals surface area contributed by atoms with Crippen LogP contribution in [0.3, 0.4) is 0 Å². The second-order valence-electron chi connectivity index (χ2n) is 5.40. The van der Waals surface area contributed by atoms with E-state index in [0.717, 1.165) is 18.7 Å². The molecule has 0 N–H and O–H groups in total. The molecule has 0 aromatic heterocycles. The summed E-state index contributed by atoms with van der Waals surface area (Å²) in [7, 11) is 5.16. The Labute approximate surface area is 138 Å². The van der Waals surface area contributed by atoms with Crippen molar-refractivity contribution in [3.63, 3.8) is 0 Å². The number of hydrogen-bond acceptors (Lipinski definition) is 5. The highest BCUT2D eigenvalue weighted by molar-refractivity contribution is 5.77. The van der Waals surface area contributed by atoms with Gasteiger partial charge in [-0.25, -0.2) is 0 Å². The van der Waals surface area contributed by atoms with Gasteiger partial charge in [-0.15, -0.1) is 0 Å². The van der Waals surface area contributed by atoms with Gasteiger partial charge in [0.2, 0.25) is 5.91 Å². The molecule has 6 nitrogen and oxygen atoms in total. The van der Waals surface area contributed by atoms with Gasteiger partial charge in [-0.3, -0.25) is 9.69 Å². The van der Waals surface area contributed by atoms with Crippen LogP contribution in [0.4, 0.5) is 0 Å². The molecule has 23 heavy (non-hydrogen) atoms. The van der Waals surface area contributed by atoms with Crippen molar-refractivity contribution in [3.05, 3.63) is 29.8 Å². The summed E-state index contributed by atoms with van der Waals surface area (Å²) < 4.78 is 10.7. The second kappa shape index (κ2) is 10.6. The van der Waals surface area contributed by atoms with Crippen LogP contribution in [0.1, 0.15) is 12.0 Å². The van der Waals surface area contributed by atoms with Crippen LogP contribution in [-0.4, -0.2) is 69.8 Å². The van der Waals surface area contributed by atoms with E-state index in [1.165, 1.54) is 0 Å². The first-order valence-electron chi connectivity index (χ1n) is 7.61. The Morgan fingerprint density at radius 2 is 1.87 bits per heavy atom. The number of benzene rings is 1. The first kappa shape index (κ1) is 18.9. The number of methoxy groups -OCH3 is 1. The molecular weight excluding hydrogens is 294 g/mol. The molecule has 0 aliphatic heterocycles. The first-order chi connectivity index (χ1) is 11.1. The molecule has 1 aromatic rings. The number of carbonyl (C=O) groups excluding carboxylic acids is 1. The van der Waals surface area contributed by atoms with Gasteiger partial charge in [-0.1, -0.05) is 0 Å². The number of nitrogens with zero attached hydrogens (tertiary/aromatic N) is 3. The van der Waals surface area contributed by atoms with Crippen molar-refractivity contribution in [2.24, 2.45) is 0 Å². The van der Waals surface area contributed by atoms with Crippen molar-refractivity contribution in [3.8, 4) is 11.8 Å². The summed E-state index contributed by atoms with van der Waals surface area (Å²) in [4.78, 5) is 15.5. The molecular formula is C17H25N3O3. The normalized spacial score (nSPS) is 10.4. The molecule has 1 rings (SSSR count). The van der Waals surface area contributed by atoms with Crippen molar-refractivity contribution in [1.29, 1.82) is 5.26 Å². The van der Waals surface area contributed by atoms with Crippen LogP contribution in [0.5, 0.6) is 5.75 Å². The molecule has 0 saturated carbocycles. The molecule has 0 saturated heterocycles. The number of rotatable bonds is 10. The van der Waals surface area contributed by atoms with Crippen LogP contribution >= 0.6 is 0 Å². The van der Waals surface area contributed by atoms with Crippen molar-refractivity contribution in [2.75, 3.05) is 54.1 Å². The van der Waals surface area contributed by atoms with E-state index >= 15 is 0 Å². The van der Waals surface area contributed by atoms with E-state index in [1.807, 2.05) is 0 Å². The Morgan fingerprint density at radius 1 is 1.17 bits per heavy atom. The minimum Gasteiger partial charge on any atom is -0.494 e. The summed E-state index contributed by atoms with van der Waals surface area (Å²) in [6.45, 7) is 3.02. The predicted molar refractivity (Wildman–Crippen MR) is 88.3 cm³/mol. The lowest BCUT2D eigenvalue weighted by Gasteiger charge is -2.23. The standard InChI is InChI=1S/C17H25N3O3/c1-19(2)17(21)14-20(10-12-22-3)9-4-11-23-16-7-5-15(13-18)6-8-16/h5-8H,4,9-12,14H2,1-3H3. The maximum absolute atomic E-state index is 11.8. The number of ether oxygens (including phenoxy) is 2. The van der Waals surface area contributed by atoms with E-state index in [9.17, 15) is 4.79 Å². The molecule has 0 unspecified atom stereocenters. The summed E-state index contributed by atoms with van der Waals surface area (Å²) in [6.07, 6.45) is 0.810. The summed E-state index contributed by atoms with van der Waals surface area (Å²) in [5.74, 6) is 0.825. The summed E-state index contributed by atoms with van der Waals surface area (Å²) in [5, 5.41) is 8.75. The molecule has 0 bridgehead atoms. The minimum atomic E-state index is 0.0779. The van der Waals surface area contributed by atoms with E-state index in [1.54, 1.807) is 50.4 Å². The molecule has 1 amide bonds. The summed E-state index contributed by atoms with van der Waals surface area (Å²) in [5.41, 5.74) is 0.616. The highest BCUT2D eigenvalue weighted by atomic mass is 16.5. The van der Waals surface area contributed by atoms with Gasteiger partial charge in [-0.2, -0.15) is 5.26 Å². The van der Waals surface area contributed by atoms with E-state index in [0.29, 0.717) is 31.9 Å². The third-order valence-electron chi connectivity index (χ3n) is 3.34. The van der Waals surface area contributed by atoms with Gasteiger partial charge in [0.1, 0.15) is 5.75 Å². The highest BCUT2D eigenvalue weighted by Crippen LogP contribution is 2.11. The molecule has 6 heteroatoms. The molecule has 0 atom stereocenters. The highest BCUT2D eigenvalue weighted by Gasteiger charge is 2.11. The number of hydrogen-bond donors (Lipinski definition) is 0. The number of carbonyl (C=O) groups is 1. The number of amides is 1. The van der Waals surface area contributed by atoms with Gasteiger partial charge in [0.15, 0.2) is 0 Å². The van der Waals surface area contributed by atoms with Crippen LogP contribution < -0.4 is 4.74 Å². The smallest absolute Gasteiger partial charge is 0.236 e. The Hall–Kier alpha value is -2.10. The summed E-state index contributed by atoms with van der Waals surface area (Å²) in [6, 6.07) is 9.11. The number of likely N-dealkylation sites (N-methyl/N-ethyl adjacent to an activating group) is 1. The Kier molecular flexibility index (Phi) is 8.73. The van der Waals surface area contributed by atoms with Crippen LogP contribution in [0, 0.1) is 11.3 Å². The SMILES string of the molecule is COCCN(CCCOc1ccc(C#N)cc1)CC(=O)N(C)C. The van der Waals surface area contributed by atoms with E-state index in [2.05, 4.69) is 11.0 Å². The van der Waals surface area contributed by atoms with Gasteiger partial charge >= 0.3 is 0 Å². The third kappa shape index (κ3) is 7.63. The van der Waals surface area contributed by atoms with Crippen molar-refractivity contribution >= 4 is 5.91 Å². The van der Waals surface area contributed by atoms with Crippen molar-refractivity contribution < 1.29 is 14.3 Å². The van der Waals surface area contributed by atoms with Crippen LogP contribution in [0.15, 0.2) is 24.3 Å². The van der Waals surface area contributed by atoms with Crippen LogP contribution in [-0.2, 0) is 9.53 Å². The lowest BCUT2D eigenvalue weighted by molar-refractivity contribution is -0.130. The maximum Gasteiger partial charge on any atom is 0.236 e. The topological polar surface area (TPSA) is 65.8 Å². The molecule has 0 radical (unpaired) electrons. The molecule has 0 aliphatic carbocycles. The fourth-order valence-corrected chi connectivity index (χ4v) is 1.93. The third-order valence-corrected chi connectivity index (χ3v) is 3.34. The van der Waals surface area contributed by atoms with Crippen molar-refractivity contribution in [2.45, 2.75) is 6.42 Å². The van der Waals surface area contributed by atoms with Gasteiger partial charge in [0.05, 0.1) is 31.4 Å². The van der Waals surface area contributed by atoms with E-state index in [-0.39, 0.29) is 5.91 Å². The molecule has 1 aromatic carbocycles. The van der Waals surface area contributed by atoms with Gasteiger partial charge in [-0.05, 0) is 30.7 Å². The average molecular weight is 319 g/mol. The van der Waals surface area contributed by atoms with Crippen molar-refractivity contribution in [1.82, 2.24) is 9.80 Å². The largest absolute Gasteiger partial charge is 0.494 e.